The van der Waals surface area contributed by atoms with E-state index in [9.17, 15) is 0 Å². The molecule has 1 aromatic rings. The summed E-state index contributed by atoms with van der Waals surface area (Å²) in [5.74, 6) is 0.821. The average molecular weight is 284 g/mol. The molecule has 0 saturated heterocycles. The van der Waals surface area contributed by atoms with Gasteiger partial charge >= 0.3 is 0 Å². The highest BCUT2D eigenvalue weighted by Gasteiger charge is 2.28. The largest absolute Gasteiger partial charge is 0.314 e. The van der Waals surface area contributed by atoms with Gasteiger partial charge in [-0.05, 0) is 38.6 Å². The highest BCUT2D eigenvalue weighted by atomic mass is 35.5. The van der Waals surface area contributed by atoms with E-state index in [1.165, 1.54) is 25.0 Å². The third-order valence-corrected chi connectivity index (χ3v) is 4.73. The lowest BCUT2D eigenvalue weighted by molar-refractivity contribution is 0.227. The molecular weight excluding hydrogens is 258 g/mol. The minimum atomic E-state index is 0.558. The molecular formula is C15H26ClN3. The summed E-state index contributed by atoms with van der Waals surface area (Å²) in [6.45, 7) is 8.36. The van der Waals surface area contributed by atoms with Crippen molar-refractivity contribution in [3.8, 4) is 0 Å². The van der Waals surface area contributed by atoms with Gasteiger partial charge in [-0.3, -0.25) is 4.68 Å². The van der Waals surface area contributed by atoms with Crippen LogP contribution < -0.4 is 5.32 Å². The van der Waals surface area contributed by atoms with Crippen LogP contribution in [0.4, 0.5) is 0 Å². The molecule has 1 fully saturated rings. The Morgan fingerprint density at radius 1 is 1.37 bits per heavy atom. The van der Waals surface area contributed by atoms with Gasteiger partial charge in [0.1, 0.15) is 0 Å². The van der Waals surface area contributed by atoms with Gasteiger partial charge in [0.2, 0.25) is 0 Å². The van der Waals surface area contributed by atoms with Gasteiger partial charge in [-0.1, -0.05) is 31.9 Å². The van der Waals surface area contributed by atoms with Gasteiger partial charge in [0.25, 0.3) is 0 Å². The fourth-order valence-electron chi connectivity index (χ4n) is 2.93. The maximum atomic E-state index is 6.51. The Bertz CT molecular complexity index is 410. The lowest BCUT2D eigenvalue weighted by atomic mass is 9.78. The monoisotopic (exact) mass is 283 g/mol. The Balaban J connectivity index is 2.17. The average Bonchev–Trinajstić information content (AvgIpc) is 2.64. The maximum Gasteiger partial charge on any atom is 0.0850 e. The lowest BCUT2D eigenvalue weighted by Gasteiger charge is -2.34. The molecule has 3 nitrogen and oxygen atoms in total. The zero-order chi connectivity index (χ0) is 13.8. The van der Waals surface area contributed by atoms with Crippen molar-refractivity contribution in [2.24, 2.45) is 5.92 Å². The number of likely N-dealkylation sites (N-methyl/N-ethyl adjacent to an activating group) is 1. The molecule has 0 radical (unpaired) electrons. The number of hydrogen-bond acceptors (Lipinski definition) is 2. The SMILES string of the molecule is CCNC(Cc1c(Cl)c(CC)nn1CC)C1CCC1. The van der Waals surface area contributed by atoms with Crippen LogP contribution in [0.5, 0.6) is 0 Å². The van der Waals surface area contributed by atoms with Crippen LogP contribution in [-0.2, 0) is 19.4 Å². The van der Waals surface area contributed by atoms with Gasteiger partial charge in [-0.25, -0.2) is 0 Å². The standard InChI is InChI=1S/C15H26ClN3/c1-4-12-15(16)14(19(6-3)18-12)10-13(17-5-2)11-8-7-9-11/h11,13,17H,4-10H2,1-3H3. The molecule has 108 valence electrons. The highest BCUT2D eigenvalue weighted by molar-refractivity contribution is 6.31. The van der Waals surface area contributed by atoms with Crippen molar-refractivity contribution in [1.82, 2.24) is 15.1 Å². The van der Waals surface area contributed by atoms with Crippen LogP contribution in [0.1, 0.15) is 51.4 Å². The van der Waals surface area contributed by atoms with Crippen molar-refractivity contribution in [3.05, 3.63) is 16.4 Å². The van der Waals surface area contributed by atoms with Crippen molar-refractivity contribution < 1.29 is 0 Å². The summed E-state index contributed by atoms with van der Waals surface area (Å²) in [5, 5.41) is 9.15. The van der Waals surface area contributed by atoms with E-state index in [0.717, 1.165) is 42.6 Å². The van der Waals surface area contributed by atoms with E-state index in [1.807, 2.05) is 0 Å². The zero-order valence-electron chi connectivity index (χ0n) is 12.4. The van der Waals surface area contributed by atoms with E-state index in [1.54, 1.807) is 0 Å². The second-order valence-electron chi connectivity index (χ2n) is 5.44. The number of nitrogens with one attached hydrogen (secondary N) is 1. The summed E-state index contributed by atoms with van der Waals surface area (Å²) in [6, 6.07) is 0.558. The molecule has 1 aliphatic rings. The number of hydrogen-bond donors (Lipinski definition) is 1. The van der Waals surface area contributed by atoms with E-state index in [4.69, 9.17) is 11.6 Å². The van der Waals surface area contributed by atoms with Crippen molar-refractivity contribution in [2.45, 2.75) is 65.5 Å². The molecule has 0 bridgehead atoms. The van der Waals surface area contributed by atoms with Gasteiger partial charge in [0, 0.05) is 19.0 Å². The predicted octanol–water partition coefficient (Wildman–Crippen LogP) is 3.44. The second kappa shape index (κ2) is 6.76. The van der Waals surface area contributed by atoms with Gasteiger partial charge in [0.05, 0.1) is 16.4 Å². The second-order valence-corrected chi connectivity index (χ2v) is 5.81. The third-order valence-electron chi connectivity index (χ3n) is 4.29. The van der Waals surface area contributed by atoms with Gasteiger partial charge in [0.15, 0.2) is 0 Å². The van der Waals surface area contributed by atoms with Crippen LogP contribution in [-0.4, -0.2) is 22.4 Å². The Hall–Kier alpha value is -0.540. The quantitative estimate of drug-likeness (QED) is 0.831. The first kappa shape index (κ1) is 14.9. The van der Waals surface area contributed by atoms with Crippen molar-refractivity contribution in [1.29, 1.82) is 0 Å². The first-order valence-electron chi connectivity index (χ1n) is 7.68. The Labute approximate surface area is 121 Å². The Morgan fingerprint density at radius 2 is 2.11 bits per heavy atom. The molecule has 0 spiro atoms. The molecule has 1 N–H and O–H groups in total. The fourth-order valence-corrected chi connectivity index (χ4v) is 3.28. The van der Waals surface area contributed by atoms with Gasteiger partial charge < -0.3 is 5.32 Å². The summed E-state index contributed by atoms with van der Waals surface area (Å²) >= 11 is 6.51. The molecule has 0 amide bonds. The summed E-state index contributed by atoms with van der Waals surface area (Å²) < 4.78 is 2.09. The number of nitrogens with zero attached hydrogens (tertiary/aromatic N) is 2. The van der Waals surface area contributed by atoms with Crippen molar-refractivity contribution >= 4 is 11.6 Å². The summed E-state index contributed by atoms with van der Waals surface area (Å²) in [6.07, 6.45) is 6.02. The predicted molar refractivity (Wildman–Crippen MR) is 80.8 cm³/mol. The summed E-state index contributed by atoms with van der Waals surface area (Å²) in [4.78, 5) is 0. The van der Waals surface area contributed by atoms with Gasteiger partial charge in [-0.15, -0.1) is 0 Å². The van der Waals surface area contributed by atoms with Crippen molar-refractivity contribution in [2.75, 3.05) is 6.54 Å². The van der Waals surface area contributed by atoms with Crippen LogP contribution >= 0.6 is 11.6 Å². The molecule has 19 heavy (non-hydrogen) atoms. The molecule has 0 aromatic carbocycles. The van der Waals surface area contributed by atoms with E-state index in [2.05, 4.69) is 35.9 Å². The van der Waals surface area contributed by atoms with Crippen LogP contribution in [0.25, 0.3) is 0 Å². The van der Waals surface area contributed by atoms with Crippen LogP contribution in [0, 0.1) is 5.92 Å². The maximum absolute atomic E-state index is 6.51. The molecule has 1 aliphatic carbocycles. The number of aromatic nitrogens is 2. The number of halogens is 1. The summed E-state index contributed by atoms with van der Waals surface area (Å²) in [7, 11) is 0. The van der Waals surface area contributed by atoms with Crippen molar-refractivity contribution in [3.63, 3.8) is 0 Å². The number of aryl methyl sites for hydroxylation is 2. The smallest absolute Gasteiger partial charge is 0.0850 e. The minimum absolute atomic E-state index is 0.558. The zero-order valence-corrected chi connectivity index (χ0v) is 13.1. The molecule has 1 saturated carbocycles. The molecule has 0 aliphatic heterocycles. The van der Waals surface area contributed by atoms with Crippen LogP contribution in [0.2, 0.25) is 5.02 Å². The molecule has 1 unspecified atom stereocenters. The normalized spacial score (nSPS) is 17.5. The van der Waals surface area contributed by atoms with E-state index < -0.39 is 0 Å². The van der Waals surface area contributed by atoms with Crippen LogP contribution in [0.3, 0.4) is 0 Å². The van der Waals surface area contributed by atoms with E-state index >= 15 is 0 Å². The van der Waals surface area contributed by atoms with Gasteiger partial charge in [-0.2, -0.15) is 5.10 Å². The molecule has 1 aromatic heterocycles. The Morgan fingerprint density at radius 3 is 2.58 bits per heavy atom. The summed E-state index contributed by atoms with van der Waals surface area (Å²) in [5.41, 5.74) is 2.27. The lowest BCUT2D eigenvalue weighted by Crippen LogP contribution is -2.41. The molecule has 4 heteroatoms. The van der Waals surface area contributed by atoms with Crippen LogP contribution in [0.15, 0.2) is 0 Å². The molecule has 2 rings (SSSR count). The minimum Gasteiger partial charge on any atom is -0.314 e. The third kappa shape index (κ3) is 3.14. The highest BCUT2D eigenvalue weighted by Crippen LogP contribution is 2.32. The van der Waals surface area contributed by atoms with E-state index in [-0.39, 0.29) is 0 Å². The first-order chi connectivity index (χ1) is 9.21. The topological polar surface area (TPSA) is 29.9 Å². The fraction of sp³-hybridized carbons (Fsp3) is 0.800. The molecule has 1 atom stereocenters. The Kier molecular flexibility index (Phi) is 5.28. The van der Waals surface area contributed by atoms with E-state index in [0.29, 0.717) is 6.04 Å². The first-order valence-corrected chi connectivity index (χ1v) is 8.06. The molecule has 1 heterocycles. The number of rotatable bonds is 7.